The largest absolute Gasteiger partial charge is 0.323 e. The molecular weight excluding hydrogens is 438 g/mol. The average molecular weight is 458 g/mol. The van der Waals surface area contributed by atoms with Crippen LogP contribution in [0.25, 0.3) is 0 Å². The molecule has 3 aromatic rings. The van der Waals surface area contributed by atoms with Crippen LogP contribution in [0.2, 0.25) is 0 Å². The van der Waals surface area contributed by atoms with Crippen LogP contribution < -0.4 is 9.62 Å². The molecule has 0 saturated carbocycles. The van der Waals surface area contributed by atoms with Gasteiger partial charge in [0.2, 0.25) is 5.91 Å². The summed E-state index contributed by atoms with van der Waals surface area (Å²) in [4.78, 5) is 23.8. The highest BCUT2D eigenvalue weighted by atomic mass is 32.2. The monoisotopic (exact) mass is 457 g/mol. The summed E-state index contributed by atoms with van der Waals surface area (Å²) in [6, 6.07) is 20.2. The first kappa shape index (κ1) is 22.3. The Morgan fingerprint density at radius 1 is 1.00 bits per heavy atom. The molecule has 10 heteroatoms. The number of hydrogen-bond acceptors (Lipinski definition) is 6. The second kappa shape index (κ2) is 9.63. The molecule has 0 spiro atoms. The summed E-state index contributed by atoms with van der Waals surface area (Å²) < 4.78 is 27.7. The summed E-state index contributed by atoms with van der Waals surface area (Å²) in [6.07, 6.45) is 1.86. The molecular formula is C21H19N3O5S2. The van der Waals surface area contributed by atoms with Crippen LogP contribution in [0.5, 0.6) is 0 Å². The molecule has 0 fully saturated rings. The first-order valence-electron chi connectivity index (χ1n) is 9.08. The second-order valence-corrected chi connectivity index (χ2v) is 9.00. The van der Waals surface area contributed by atoms with Gasteiger partial charge in [0.15, 0.2) is 4.90 Å². The summed E-state index contributed by atoms with van der Waals surface area (Å²) >= 11 is 1.44. The highest BCUT2D eigenvalue weighted by Gasteiger charge is 2.33. The molecule has 1 N–H and O–H groups in total. The van der Waals surface area contributed by atoms with Crippen LogP contribution in [0.4, 0.5) is 17.1 Å². The average Bonchev–Trinajstić information content (AvgIpc) is 2.78. The number of carbonyl (C=O) groups excluding carboxylic acids is 1. The smallest absolute Gasteiger partial charge is 0.289 e. The summed E-state index contributed by atoms with van der Waals surface area (Å²) in [6.45, 7) is -0.554. The van der Waals surface area contributed by atoms with Gasteiger partial charge in [-0.1, -0.05) is 42.5 Å². The van der Waals surface area contributed by atoms with Crippen molar-refractivity contribution < 1.29 is 18.1 Å². The fraction of sp³-hybridized carbons (Fsp3) is 0.0952. The summed E-state index contributed by atoms with van der Waals surface area (Å²) in [7, 11) is -4.41. The van der Waals surface area contributed by atoms with Gasteiger partial charge in [0, 0.05) is 11.0 Å². The number of benzene rings is 3. The van der Waals surface area contributed by atoms with Crippen LogP contribution in [0.3, 0.4) is 0 Å². The maximum atomic E-state index is 13.4. The van der Waals surface area contributed by atoms with Crippen LogP contribution in [0, 0.1) is 10.1 Å². The molecule has 1 amide bonds. The van der Waals surface area contributed by atoms with Gasteiger partial charge in [-0.2, -0.15) is 0 Å². The Labute approximate surface area is 184 Å². The summed E-state index contributed by atoms with van der Waals surface area (Å²) in [5, 5.41) is 14.1. The maximum Gasteiger partial charge on any atom is 0.289 e. The number of anilines is 2. The number of nitrogens with one attached hydrogen (secondary N) is 1. The van der Waals surface area contributed by atoms with Crippen molar-refractivity contribution in [3.05, 3.63) is 89.0 Å². The van der Waals surface area contributed by atoms with E-state index in [0.29, 0.717) is 5.69 Å². The molecule has 0 aliphatic rings. The predicted octanol–water partition coefficient (Wildman–Crippen LogP) is 4.15. The third kappa shape index (κ3) is 5.04. The molecule has 160 valence electrons. The number of rotatable bonds is 8. The van der Waals surface area contributed by atoms with Crippen molar-refractivity contribution in [1.82, 2.24) is 0 Å². The van der Waals surface area contributed by atoms with Gasteiger partial charge < -0.3 is 5.32 Å². The van der Waals surface area contributed by atoms with Crippen molar-refractivity contribution in [3.8, 4) is 0 Å². The molecule has 0 aliphatic heterocycles. The zero-order valence-electron chi connectivity index (χ0n) is 16.5. The van der Waals surface area contributed by atoms with Crippen LogP contribution >= 0.6 is 11.8 Å². The lowest BCUT2D eigenvalue weighted by Crippen LogP contribution is -2.38. The molecule has 0 aromatic heterocycles. The number of nitro groups is 1. The van der Waals surface area contributed by atoms with Crippen LogP contribution in [0.1, 0.15) is 0 Å². The number of nitrogens with zero attached hydrogens (tertiary/aromatic N) is 2. The van der Waals surface area contributed by atoms with Crippen molar-refractivity contribution >= 4 is 44.8 Å². The third-order valence-corrected chi connectivity index (χ3v) is 6.96. The standard InChI is InChI=1S/C21H19N3O5S2/c1-30-19-13-7-5-11-17(19)22-21(25)15-23(16-9-3-2-4-10-16)31(28,29)20-14-8-6-12-18(20)24(26)27/h2-14H,15H2,1H3,(H,22,25). The lowest BCUT2D eigenvalue weighted by atomic mass is 10.3. The Morgan fingerprint density at radius 3 is 2.29 bits per heavy atom. The fourth-order valence-corrected chi connectivity index (χ4v) is 5.06. The van der Waals surface area contributed by atoms with Gasteiger partial charge in [-0.25, -0.2) is 8.42 Å². The number of thioether (sulfide) groups is 1. The number of carbonyl (C=O) groups is 1. The normalized spacial score (nSPS) is 11.0. The van der Waals surface area contributed by atoms with Gasteiger partial charge >= 0.3 is 0 Å². The molecule has 3 aromatic carbocycles. The number of para-hydroxylation sites is 3. The molecule has 31 heavy (non-hydrogen) atoms. The van der Waals surface area contributed by atoms with Gasteiger partial charge in [-0.3, -0.25) is 19.2 Å². The topological polar surface area (TPSA) is 110 Å². The first-order chi connectivity index (χ1) is 14.8. The number of sulfonamides is 1. The van der Waals surface area contributed by atoms with E-state index >= 15 is 0 Å². The second-order valence-electron chi connectivity index (χ2n) is 6.32. The summed E-state index contributed by atoms with van der Waals surface area (Å²) in [5.41, 5.74) is 0.210. The van der Waals surface area contributed by atoms with Gasteiger partial charge in [0.1, 0.15) is 6.54 Å². The fourth-order valence-electron chi connectivity index (χ4n) is 2.92. The molecule has 0 saturated heterocycles. The molecule has 3 rings (SSSR count). The lowest BCUT2D eigenvalue weighted by molar-refractivity contribution is -0.387. The van der Waals surface area contributed by atoms with Crippen molar-refractivity contribution in [3.63, 3.8) is 0 Å². The molecule has 8 nitrogen and oxygen atoms in total. The van der Waals surface area contributed by atoms with Crippen molar-refractivity contribution in [2.45, 2.75) is 9.79 Å². The lowest BCUT2D eigenvalue weighted by Gasteiger charge is -2.24. The van der Waals surface area contributed by atoms with Gasteiger partial charge in [0.05, 0.1) is 16.3 Å². The van der Waals surface area contributed by atoms with Gasteiger partial charge in [-0.05, 0) is 36.6 Å². The maximum absolute atomic E-state index is 13.4. The Balaban J connectivity index is 2.00. The Bertz CT molecular complexity index is 1200. The Hall–Kier alpha value is -3.37. The molecule has 0 bridgehead atoms. The van der Waals surface area contributed by atoms with Gasteiger partial charge in [0.25, 0.3) is 15.7 Å². The van der Waals surface area contributed by atoms with E-state index in [9.17, 15) is 23.3 Å². The highest BCUT2D eigenvalue weighted by Crippen LogP contribution is 2.30. The molecule has 0 heterocycles. The van der Waals surface area contributed by atoms with Crippen molar-refractivity contribution in [2.24, 2.45) is 0 Å². The van der Waals surface area contributed by atoms with E-state index in [1.807, 2.05) is 18.4 Å². The van der Waals surface area contributed by atoms with E-state index in [4.69, 9.17) is 0 Å². The zero-order valence-corrected chi connectivity index (χ0v) is 18.1. The zero-order chi connectivity index (χ0) is 22.4. The number of amides is 1. The number of hydrogen-bond donors (Lipinski definition) is 1. The van der Waals surface area contributed by atoms with E-state index in [2.05, 4.69) is 5.32 Å². The minimum Gasteiger partial charge on any atom is -0.323 e. The van der Waals surface area contributed by atoms with E-state index < -0.39 is 38.0 Å². The molecule has 0 atom stereocenters. The van der Waals surface area contributed by atoms with E-state index in [-0.39, 0.29) is 5.69 Å². The first-order valence-corrected chi connectivity index (χ1v) is 11.7. The molecule has 0 unspecified atom stereocenters. The third-order valence-electron chi connectivity index (χ3n) is 4.34. The highest BCUT2D eigenvalue weighted by molar-refractivity contribution is 7.98. The van der Waals surface area contributed by atoms with Crippen molar-refractivity contribution in [2.75, 3.05) is 22.4 Å². The van der Waals surface area contributed by atoms with E-state index in [0.717, 1.165) is 21.3 Å². The van der Waals surface area contributed by atoms with Gasteiger partial charge in [-0.15, -0.1) is 11.8 Å². The Morgan fingerprint density at radius 2 is 1.61 bits per heavy atom. The van der Waals surface area contributed by atoms with E-state index in [1.165, 1.54) is 36.0 Å². The predicted molar refractivity (Wildman–Crippen MR) is 121 cm³/mol. The molecule has 0 radical (unpaired) electrons. The Kier molecular flexibility index (Phi) is 6.93. The summed E-state index contributed by atoms with van der Waals surface area (Å²) in [5.74, 6) is -0.576. The van der Waals surface area contributed by atoms with Crippen LogP contribution in [0.15, 0.2) is 88.7 Å². The van der Waals surface area contributed by atoms with E-state index in [1.54, 1.807) is 30.3 Å². The molecule has 0 aliphatic carbocycles. The SMILES string of the molecule is CSc1ccccc1NC(=O)CN(c1ccccc1)S(=O)(=O)c1ccccc1[N+](=O)[O-]. The minimum absolute atomic E-state index is 0.217. The van der Waals surface area contributed by atoms with Crippen LogP contribution in [-0.4, -0.2) is 32.0 Å². The minimum atomic E-state index is -4.41. The van der Waals surface area contributed by atoms with Crippen LogP contribution in [-0.2, 0) is 14.8 Å². The quantitative estimate of drug-likeness (QED) is 0.309. The van der Waals surface area contributed by atoms with Crippen molar-refractivity contribution in [1.29, 1.82) is 0 Å². The number of nitro benzene ring substituents is 1.